The summed E-state index contributed by atoms with van der Waals surface area (Å²) in [5.41, 5.74) is 0.659. The number of carbonyl (C=O) groups excluding carboxylic acids is 1. The zero-order valence-electron chi connectivity index (χ0n) is 12.3. The van der Waals surface area contributed by atoms with Gasteiger partial charge in [0.1, 0.15) is 0 Å². The molecule has 1 aromatic rings. The highest BCUT2D eigenvalue weighted by Crippen LogP contribution is 2.43. The van der Waals surface area contributed by atoms with E-state index in [0.717, 1.165) is 10.0 Å². The number of hydrogen-bond acceptors (Lipinski definition) is 3. The van der Waals surface area contributed by atoms with E-state index in [1.54, 1.807) is 11.0 Å². The summed E-state index contributed by atoms with van der Waals surface area (Å²) < 4.78 is 6.27. The maximum Gasteiger partial charge on any atom is 0.311 e. The van der Waals surface area contributed by atoms with Gasteiger partial charge in [-0.05, 0) is 31.0 Å². The minimum atomic E-state index is -0.853. The number of carboxylic acids is 1. The minimum Gasteiger partial charge on any atom is -0.481 e. The number of aryl methyl sites for hydroxylation is 1. The fourth-order valence-electron chi connectivity index (χ4n) is 3.45. The van der Waals surface area contributed by atoms with Crippen molar-refractivity contribution < 1.29 is 19.4 Å². The maximum atomic E-state index is 12.8. The largest absolute Gasteiger partial charge is 0.481 e. The molecule has 5 nitrogen and oxygen atoms in total. The zero-order chi connectivity index (χ0) is 15.9. The van der Waals surface area contributed by atoms with Gasteiger partial charge in [-0.15, -0.1) is 0 Å². The number of amides is 1. The Morgan fingerprint density at radius 1 is 1.45 bits per heavy atom. The Morgan fingerprint density at radius 2 is 2.23 bits per heavy atom. The third-order valence-corrected chi connectivity index (χ3v) is 5.34. The summed E-state index contributed by atoms with van der Waals surface area (Å²) in [6.45, 7) is 3.45. The lowest BCUT2D eigenvalue weighted by Gasteiger charge is -2.33. The highest BCUT2D eigenvalue weighted by Gasteiger charge is 2.55. The number of aliphatic carboxylic acids is 1. The molecule has 2 fully saturated rings. The number of rotatable bonds is 2. The van der Waals surface area contributed by atoms with Crippen molar-refractivity contribution in [2.24, 2.45) is 11.3 Å². The van der Waals surface area contributed by atoms with Gasteiger partial charge in [0.15, 0.2) is 0 Å². The average Bonchev–Trinajstić information content (AvgIpc) is 2.90. The molecule has 6 heteroatoms. The van der Waals surface area contributed by atoms with Gasteiger partial charge in [0.05, 0.1) is 12.0 Å². The van der Waals surface area contributed by atoms with Gasteiger partial charge >= 0.3 is 5.97 Å². The molecule has 0 unspecified atom stereocenters. The van der Waals surface area contributed by atoms with Crippen LogP contribution in [0.2, 0.25) is 0 Å². The smallest absolute Gasteiger partial charge is 0.311 e. The van der Waals surface area contributed by atoms with Crippen LogP contribution >= 0.6 is 15.9 Å². The predicted octanol–water partition coefficient (Wildman–Crippen LogP) is 2.32. The Morgan fingerprint density at radius 3 is 2.91 bits per heavy atom. The Hall–Kier alpha value is -1.40. The molecule has 1 aromatic carbocycles. The van der Waals surface area contributed by atoms with E-state index < -0.39 is 11.4 Å². The Balaban J connectivity index is 1.89. The first-order chi connectivity index (χ1) is 10.4. The number of nitrogens with zero attached hydrogens (tertiary/aromatic N) is 1. The van der Waals surface area contributed by atoms with Gasteiger partial charge in [0, 0.05) is 35.7 Å². The van der Waals surface area contributed by atoms with Crippen molar-refractivity contribution in [1.82, 2.24) is 4.90 Å². The second kappa shape index (κ2) is 5.66. The molecule has 0 radical (unpaired) electrons. The molecule has 0 bridgehead atoms. The van der Waals surface area contributed by atoms with Gasteiger partial charge in [-0.1, -0.05) is 22.0 Å². The highest BCUT2D eigenvalue weighted by molar-refractivity contribution is 9.10. The molecule has 2 saturated heterocycles. The SMILES string of the molecule is Cc1ccc(Br)cc1C(=O)N1C[C@H]2COCC[C@@]2(C(=O)O)C1. The van der Waals surface area contributed by atoms with Crippen LogP contribution in [-0.2, 0) is 9.53 Å². The van der Waals surface area contributed by atoms with E-state index in [-0.39, 0.29) is 18.4 Å². The zero-order valence-corrected chi connectivity index (χ0v) is 13.9. The van der Waals surface area contributed by atoms with Crippen LogP contribution in [0.4, 0.5) is 0 Å². The maximum absolute atomic E-state index is 12.8. The topological polar surface area (TPSA) is 66.8 Å². The highest BCUT2D eigenvalue weighted by atomic mass is 79.9. The molecule has 0 aromatic heterocycles. The van der Waals surface area contributed by atoms with E-state index in [4.69, 9.17) is 4.74 Å². The van der Waals surface area contributed by atoms with E-state index in [2.05, 4.69) is 15.9 Å². The van der Waals surface area contributed by atoms with Crippen LogP contribution in [0, 0.1) is 18.3 Å². The van der Waals surface area contributed by atoms with E-state index in [1.807, 2.05) is 19.1 Å². The van der Waals surface area contributed by atoms with Crippen molar-refractivity contribution >= 4 is 27.8 Å². The summed E-state index contributed by atoms with van der Waals surface area (Å²) in [5, 5.41) is 9.67. The minimum absolute atomic E-state index is 0.103. The molecule has 2 heterocycles. The summed E-state index contributed by atoms with van der Waals surface area (Å²) >= 11 is 3.38. The monoisotopic (exact) mass is 367 g/mol. The fraction of sp³-hybridized carbons (Fsp3) is 0.500. The lowest BCUT2D eigenvalue weighted by molar-refractivity contribution is -0.157. The molecule has 2 atom stereocenters. The second-order valence-corrected chi connectivity index (χ2v) is 7.04. The lowest BCUT2D eigenvalue weighted by atomic mass is 9.74. The van der Waals surface area contributed by atoms with Crippen LogP contribution in [0.3, 0.4) is 0 Å². The Bertz CT molecular complexity index is 633. The van der Waals surface area contributed by atoms with Gasteiger partial charge < -0.3 is 14.7 Å². The normalized spacial score (nSPS) is 27.5. The van der Waals surface area contributed by atoms with Gasteiger partial charge in [-0.2, -0.15) is 0 Å². The molecule has 3 rings (SSSR count). The summed E-state index contributed by atoms with van der Waals surface area (Å²) in [6, 6.07) is 5.57. The molecule has 2 aliphatic rings. The van der Waals surface area contributed by atoms with Crippen molar-refractivity contribution in [3.8, 4) is 0 Å². The summed E-state index contributed by atoms with van der Waals surface area (Å²) in [7, 11) is 0. The molecular weight excluding hydrogens is 350 g/mol. The number of hydrogen-bond donors (Lipinski definition) is 1. The van der Waals surface area contributed by atoms with Crippen LogP contribution < -0.4 is 0 Å². The van der Waals surface area contributed by atoms with Crippen LogP contribution in [0.25, 0.3) is 0 Å². The Kier molecular flexibility index (Phi) is 3.99. The number of carboxylic acid groups (broad SMARTS) is 1. The third-order valence-electron chi connectivity index (χ3n) is 4.85. The quantitative estimate of drug-likeness (QED) is 0.870. The van der Waals surface area contributed by atoms with Crippen molar-refractivity contribution in [3.05, 3.63) is 33.8 Å². The van der Waals surface area contributed by atoms with Crippen molar-refractivity contribution in [2.45, 2.75) is 13.3 Å². The summed E-state index contributed by atoms with van der Waals surface area (Å²) in [5.74, 6) is -1.05. The number of likely N-dealkylation sites (tertiary alicyclic amines) is 1. The average molecular weight is 368 g/mol. The molecule has 0 aliphatic carbocycles. The number of halogens is 1. The first-order valence-electron chi connectivity index (χ1n) is 7.30. The first kappa shape index (κ1) is 15.5. The number of ether oxygens (including phenoxy) is 1. The molecule has 2 aliphatic heterocycles. The molecule has 1 amide bonds. The van der Waals surface area contributed by atoms with Crippen LogP contribution in [-0.4, -0.2) is 48.2 Å². The van der Waals surface area contributed by atoms with Crippen LogP contribution in [0.5, 0.6) is 0 Å². The molecule has 1 N–H and O–H groups in total. The summed E-state index contributed by atoms with van der Waals surface area (Å²) in [4.78, 5) is 26.3. The van der Waals surface area contributed by atoms with Gasteiger partial charge in [0.2, 0.25) is 0 Å². The van der Waals surface area contributed by atoms with Gasteiger partial charge in [0.25, 0.3) is 5.91 Å². The van der Waals surface area contributed by atoms with Gasteiger partial charge in [-0.25, -0.2) is 0 Å². The molecule has 118 valence electrons. The van der Waals surface area contributed by atoms with Crippen molar-refractivity contribution in [2.75, 3.05) is 26.3 Å². The molecular formula is C16H18BrNO4. The van der Waals surface area contributed by atoms with E-state index >= 15 is 0 Å². The van der Waals surface area contributed by atoms with E-state index in [9.17, 15) is 14.7 Å². The molecule has 0 spiro atoms. The van der Waals surface area contributed by atoms with E-state index in [0.29, 0.717) is 31.7 Å². The number of benzene rings is 1. The van der Waals surface area contributed by atoms with Gasteiger partial charge in [-0.3, -0.25) is 9.59 Å². The predicted molar refractivity (Wildman–Crippen MR) is 83.8 cm³/mol. The molecule has 0 saturated carbocycles. The van der Waals surface area contributed by atoms with E-state index in [1.165, 1.54) is 0 Å². The number of carbonyl (C=O) groups is 2. The lowest BCUT2D eigenvalue weighted by Crippen LogP contribution is -2.45. The molecule has 22 heavy (non-hydrogen) atoms. The fourth-order valence-corrected chi connectivity index (χ4v) is 3.81. The standard InChI is InChI=1S/C16H18BrNO4/c1-10-2-3-12(17)6-13(10)14(19)18-7-11-8-22-5-4-16(11,9-18)15(20)21/h2-3,6,11H,4-5,7-9H2,1H3,(H,20,21)/t11-,16+/m0/s1. The second-order valence-electron chi connectivity index (χ2n) is 6.13. The van der Waals surface area contributed by atoms with Crippen molar-refractivity contribution in [3.63, 3.8) is 0 Å². The number of fused-ring (bicyclic) bond motifs is 1. The summed E-state index contributed by atoms with van der Waals surface area (Å²) in [6.07, 6.45) is 0.467. The third kappa shape index (κ3) is 2.44. The first-order valence-corrected chi connectivity index (χ1v) is 8.10. The van der Waals surface area contributed by atoms with Crippen LogP contribution in [0.15, 0.2) is 22.7 Å². The Labute approximate surface area is 137 Å². The van der Waals surface area contributed by atoms with Crippen molar-refractivity contribution in [1.29, 1.82) is 0 Å². The van der Waals surface area contributed by atoms with Crippen LogP contribution in [0.1, 0.15) is 22.3 Å².